The second-order valence-corrected chi connectivity index (χ2v) is 9.94. The van der Waals surface area contributed by atoms with E-state index in [1.54, 1.807) is 7.11 Å². The molecule has 0 unspecified atom stereocenters. The Hall–Kier alpha value is -2.77. The predicted octanol–water partition coefficient (Wildman–Crippen LogP) is 5.06. The van der Waals surface area contributed by atoms with E-state index in [-0.39, 0.29) is 11.8 Å². The number of hydrogen-bond acceptors (Lipinski definition) is 6. The van der Waals surface area contributed by atoms with Crippen molar-refractivity contribution >= 4 is 23.1 Å². The lowest BCUT2D eigenvalue weighted by atomic mass is 10.0. The Morgan fingerprint density at radius 3 is 2.59 bits per heavy atom. The molecule has 3 heterocycles. The van der Waals surface area contributed by atoms with Crippen LogP contribution in [0.2, 0.25) is 0 Å². The van der Waals surface area contributed by atoms with Crippen molar-refractivity contribution in [2.75, 3.05) is 38.2 Å². The lowest BCUT2D eigenvalue weighted by Gasteiger charge is -2.36. The molecule has 180 valence electrons. The number of rotatable bonds is 8. The summed E-state index contributed by atoms with van der Waals surface area (Å²) in [5, 5.41) is 1.95. The van der Waals surface area contributed by atoms with Gasteiger partial charge in [0, 0.05) is 51.2 Å². The van der Waals surface area contributed by atoms with Gasteiger partial charge >= 0.3 is 0 Å². The van der Waals surface area contributed by atoms with Gasteiger partial charge in [0.1, 0.15) is 11.6 Å². The van der Waals surface area contributed by atoms with Crippen LogP contribution >= 0.6 is 11.3 Å². The molecule has 1 atom stereocenters. The largest absolute Gasteiger partial charge is 0.378 e. The molecule has 4 rings (SSSR count). The third-order valence-electron chi connectivity index (χ3n) is 6.48. The van der Waals surface area contributed by atoms with Crippen LogP contribution in [0.15, 0.2) is 41.8 Å². The van der Waals surface area contributed by atoms with Gasteiger partial charge in [-0.1, -0.05) is 49.7 Å². The average Bonchev–Trinajstić information content (AvgIpc) is 3.39. The first-order valence-electron chi connectivity index (χ1n) is 12.0. The van der Waals surface area contributed by atoms with Crippen molar-refractivity contribution in [2.24, 2.45) is 0 Å². The van der Waals surface area contributed by atoms with Gasteiger partial charge in [-0.2, -0.15) is 0 Å². The fourth-order valence-electron chi connectivity index (χ4n) is 4.34. The van der Waals surface area contributed by atoms with Gasteiger partial charge in [-0.3, -0.25) is 4.79 Å². The van der Waals surface area contributed by atoms with Gasteiger partial charge in [-0.15, -0.1) is 11.3 Å². The fourth-order valence-corrected chi connectivity index (χ4v) is 5.03. The number of carbonyl (C=O) groups excluding carboxylic acids is 1. The monoisotopic (exact) mass is 478 g/mol. The molecule has 1 aliphatic heterocycles. The number of benzene rings is 1. The third-order valence-corrected chi connectivity index (χ3v) is 7.34. The van der Waals surface area contributed by atoms with E-state index in [0.717, 1.165) is 53.7 Å². The molecule has 1 aromatic carbocycles. The minimum absolute atomic E-state index is 0.123. The van der Waals surface area contributed by atoms with Crippen molar-refractivity contribution in [1.29, 1.82) is 0 Å². The van der Waals surface area contributed by atoms with Crippen LogP contribution in [0.5, 0.6) is 0 Å². The van der Waals surface area contributed by atoms with E-state index < -0.39 is 0 Å². The summed E-state index contributed by atoms with van der Waals surface area (Å²) in [5.74, 6) is 2.25. The average molecular weight is 479 g/mol. The minimum Gasteiger partial charge on any atom is -0.378 e. The molecule has 34 heavy (non-hydrogen) atoms. The number of anilines is 1. The zero-order valence-corrected chi connectivity index (χ0v) is 21.4. The van der Waals surface area contributed by atoms with E-state index in [1.807, 2.05) is 22.4 Å². The summed E-state index contributed by atoms with van der Waals surface area (Å²) >= 11 is 1.50. The number of aryl methyl sites for hydroxylation is 1. The molecule has 6 nitrogen and oxygen atoms in total. The van der Waals surface area contributed by atoms with E-state index in [2.05, 4.69) is 49.9 Å². The standard InChI is InChI=1S/C27H34N4O2S/c1-5-20(3)25-28-23(18-33-4)22(17-21-9-6-8-19(2)16-21)26(29-25)30-11-13-31(14-12-30)27(32)24-10-7-15-34-24/h6-10,15-16,20H,5,11-14,17-18H2,1-4H3/t20-/m0/s1. The minimum atomic E-state index is 0.123. The topological polar surface area (TPSA) is 58.6 Å². The fraction of sp³-hybridized carbons (Fsp3) is 0.444. The molecule has 7 heteroatoms. The highest BCUT2D eigenvalue weighted by Crippen LogP contribution is 2.29. The van der Waals surface area contributed by atoms with Gasteiger partial charge < -0.3 is 14.5 Å². The van der Waals surface area contributed by atoms with Crippen molar-refractivity contribution in [2.45, 2.75) is 46.1 Å². The summed E-state index contributed by atoms with van der Waals surface area (Å²) in [5.41, 5.74) is 4.56. The molecule has 0 aliphatic carbocycles. The van der Waals surface area contributed by atoms with Crippen LogP contribution in [0.3, 0.4) is 0 Å². The van der Waals surface area contributed by atoms with Crippen LogP contribution in [0.25, 0.3) is 0 Å². The summed E-state index contributed by atoms with van der Waals surface area (Å²) in [6.07, 6.45) is 1.73. The Morgan fingerprint density at radius 2 is 1.94 bits per heavy atom. The molecule has 3 aromatic rings. The van der Waals surface area contributed by atoms with E-state index in [0.29, 0.717) is 19.7 Å². The summed E-state index contributed by atoms with van der Waals surface area (Å²) in [6.45, 7) is 9.78. The maximum absolute atomic E-state index is 12.8. The van der Waals surface area contributed by atoms with E-state index in [9.17, 15) is 4.79 Å². The lowest BCUT2D eigenvalue weighted by Crippen LogP contribution is -2.49. The van der Waals surface area contributed by atoms with Crippen LogP contribution in [-0.2, 0) is 17.8 Å². The Bertz CT molecular complexity index is 1110. The van der Waals surface area contributed by atoms with Gasteiger partial charge in [0.2, 0.25) is 0 Å². The quantitative estimate of drug-likeness (QED) is 0.453. The first-order chi connectivity index (χ1) is 16.5. The van der Waals surface area contributed by atoms with Crippen LogP contribution in [0, 0.1) is 6.92 Å². The number of nitrogens with zero attached hydrogens (tertiary/aromatic N) is 4. The van der Waals surface area contributed by atoms with Crippen LogP contribution < -0.4 is 4.90 Å². The number of methoxy groups -OCH3 is 1. The molecule has 0 bridgehead atoms. The van der Waals surface area contributed by atoms with Gasteiger partial charge in [0.25, 0.3) is 5.91 Å². The first kappa shape index (κ1) is 24.4. The number of piperazine rings is 1. The van der Waals surface area contributed by atoms with Gasteiger partial charge in [-0.25, -0.2) is 9.97 Å². The van der Waals surface area contributed by atoms with Crippen LogP contribution in [0.4, 0.5) is 5.82 Å². The molecule has 1 aliphatic rings. The number of thiophene rings is 1. The normalized spacial score (nSPS) is 14.9. The summed E-state index contributed by atoms with van der Waals surface area (Å²) in [7, 11) is 1.72. The Morgan fingerprint density at radius 1 is 1.15 bits per heavy atom. The first-order valence-corrected chi connectivity index (χ1v) is 12.9. The predicted molar refractivity (Wildman–Crippen MR) is 138 cm³/mol. The van der Waals surface area contributed by atoms with Crippen molar-refractivity contribution in [1.82, 2.24) is 14.9 Å². The number of carbonyl (C=O) groups is 1. The molecule has 0 radical (unpaired) electrons. The van der Waals surface area contributed by atoms with Crippen molar-refractivity contribution < 1.29 is 9.53 Å². The smallest absolute Gasteiger partial charge is 0.264 e. The Kier molecular flexibility index (Phi) is 7.95. The summed E-state index contributed by atoms with van der Waals surface area (Å²) in [4.78, 5) is 28.0. The van der Waals surface area contributed by atoms with E-state index in [4.69, 9.17) is 14.7 Å². The zero-order valence-electron chi connectivity index (χ0n) is 20.6. The van der Waals surface area contributed by atoms with E-state index >= 15 is 0 Å². The highest BCUT2D eigenvalue weighted by molar-refractivity contribution is 7.12. The maximum atomic E-state index is 12.8. The molecule has 0 saturated carbocycles. The molecule has 2 aromatic heterocycles. The Labute approximate surface area is 206 Å². The molecule has 1 fully saturated rings. The molecular weight excluding hydrogens is 444 g/mol. The molecule has 1 saturated heterocycles. The second kappa shape index (κ2) is 11.1. The van der Waals surface area contributed by atoms with Crippen LogP contribution in [0.1, 0.15) is 64.1 Å². The number of amides is 1. The Balaban J connectivity index is 1.66. The number of aromatic nitrogens is 2. The number of ether oxygens (including phenoxy) is 1. The molecule has 0 spiro atoms. The molecule has 1 amide bonds. The van der Waals surface area contributed by atoms with E-state index in [1.165, 1.54) is 22.5 Å². The SMILES string of the molecule is CC[C@H](C)c1nc(COC)c(Cc2cccc(C)c2)c(N2CCN(C(=O)c3cccs3)CC2)n1. The zero-order chi connectivity index (χ0) is 24.1. The summed E-state index contributed by atoms with van der Waals surface area (Å²) < 4.78 is 5.57. The third kappa shape index (κ3) is 5.47. The van der Waals surface area contributed by atoms with Crippen LogP contribution in [-0.4, -0.2) is 54.1 Å². The van der Waals surface area contributed by atoms with Gasteiger partial charge in [-0.05, 0) is 30.4 Å². The lowest BCUT2D eigenvalue weighted by molar-refractivity contribution is 0.0751. The highest BCUT2D eigenvalue weighted by Gasteiger charge is 2.27. The molecular formula is C27H34N4O2S. The molecule has 0 N–H and O–H groups in total. The van der Waals surface area contributed by atoms with Gasteiger partial charge in [0.15, 0.2) is 0 Å². The second-order valence-electron chi connectivity index (χ2n) is 9.00. The van der Waals surface area contributed by atoms with Crippen molar-refractivity contribution in [3.8, 4) is 0 Å². The highest BCUT2D eigenvalue weighted by atomic mass is 32.1. The van der Waals surface area contributed by atoms with Crippen molar-refractivity contribution in [3.05, 3.63) is 74.9 Å². The maximum Gasteiger partial charge on any atom is 0.264 e. The number of hydrogen-bond donors (Lipinski definition) is 0. The summed E-state index contributed by atoms with van der Waals surface area (Å²) in [6, 6.07) is 12.4. The van der Waals surface area contributed by atoms with Gasteiger partial charge in [0.05, 0.1) is 17.2 Å². The van der Waals surface area contributed by atoms with Crippen molar-refractivity contribution in [3.63, 3.8) is 0 Å².